The lowest BCUT2D eigenvalue weighted by Gasteiger charge is -2.34. The van der Waals surface area contributed by atoms with Crippen molar-refractivity contribution in [1.82, 2.24) is 20.2 Å². The first kappa shape index (κ1) is 14.0. The van der Waals surface area contributed by atoms with Gasteiger partial charge in [0, 0.05) is 0 Å². The molecule has 0 amide bonds. The van der Waals surface area contributed by atoms with E-state index in [4.69, 9.17) is 4.74 Å². The summed E-state index contributed by atoms with van der Waals surface area (Å²) >= 11 is 0. The quantitative estimate of drug-likeness (QED) is 0.931. The Morgan fingerprint density at radius 3 is 2.62 bits per heavy atom. The van der Waals surface area contributed by atoms with Gasteiger partial charge in [-0.05, 0) is 66.3 Å². The largest absolute Gasteiger partial charge is 0.491 e. The molecule has 0 radical (unpaired) electrons. The second kappa shape index (κ2) is 5.81. The molecule has 112 valence electrons. The predicted octanol–water partition coefficient (Wildman–Crippen LogP) is 1.98. The normalized spacial score (nSPS) is 25.7. The summed E-state index contributed by atoms with van der Waals surface area (Å²) in [6, 6.07) is 7.51. The molecule has 1 aliphatic rings. The minimum absolute atomic E-state index is 0.351. The zero-order valence-electron chi connectivity index (χ0n) is 12.1. The van der Waals surface area contributed by atoms with Gasteiger partial charge in [-0.25, -0.2) is 4.68 Å². The van der Waals surface area contributed by atoms with E-state index in [1.807, 2.05) is 24.3 Å². The van der Waals surface area contributed by atoms with Gasteiger partial charge in [0.15, 0.2) is 0 Å². The van der Waals surface area contributed by atoms with Crippen molar-refractivity contribution in [2.24, 2.45) is 5.92 Å². The number of aliphatic hydroxyl groups is 1. The molecule has 6 nitrogen and oxygen atoms in total. The van der Waals surface area contributed by atoms with Gasteiger partial charge in [0.25, 0.3) is 0 Å². The molecule has 0 aliphatic heterocycles. The van der Waals surface area contributed by atoms with Gasteiger partial charge >= 0.3 is 0 Å². The van der Waals surface area contributed by atoms with Gasteiger partial charge in [0.2, 0.25) is 0 Å². The van der Waals surface area contributed by atoms with Gasteiger partial charge in [0.05, 0.1) is 11.3 Å². The molecule has 1 saturated carbocycles. The summed E-state index contributed by atoms with van der Waals surface area (Å²) in [5.41, 5.74) is 0.193. The minimum atomic E-state index is -0.680. The van der Waals surface area contributed by atoms with Gasteiger partial charge in [-0.3, -0.25) is 0 Å². The fourth-order valence-corrected chi connectivity index (χ4v) is 2.64. The van der Waals surface area contributed by atoms with Crippen molar-refractivity contribution in [3.8, 4) is 11.4 Å². The fraction of sp³-hybridized carbons (Fsp3) is 0.533. The Labute approximate surface area is 123 Å². The second-order valence-electron chi connectivity index (χ2n) is 5.94. The molecule has 2 aromatic rings. The van der Waals surface area contributed by atoms with Crippen molar-refractivity contribution in [3.05, 3.63) is 30.6 Å². The number of aromatic nitrogens is 4. The van der Waals surface area contributed by atoms with E-state index in [0.29, 0.717) is 12.5 Å². The molecule has 0 bridgehead atoms. The van der Waals surface area contributed by atoms with E-state index in [9.17, 15) is 5.11 Å². The number of tetrazole rings is 1. The molecule has 1 aromatic heterocycles. The van der Waals surface area contributed by atoms with Crippen LogP contribution in [0.15, 0.2) is 30.6 Å². The Kier molecular flexibility index (Phi) is 3.88. The smallest absolute Gasteiger partial charge is 0.143 e. The zero-order valence-corrected chi connectivity index (χ0v) is 12.1. The van der Waals surface area contributed by atoms with E-state index < -0.39 is 5.60 Å². The highest BCUT2D eigenvalue weighted by Gasteiger charge is 2.32. The van der Waals surface area contributed by atoms with Crippen LogP contribution in [0.4, 0.5) is 0 Å². The molecule has 1 aliphatic carbocycles. The van der Waals surface area contributed by atoms with Gasteiger partial charge in [-0.2, -0.15) is 0 Å². The highest BCUT2D eigenvalue weighted by molar-refractivity contribution is 5.36. The van der Waals surface area contributed by atoms with Crippen LogP contribution in [0.25, 0.3) is 5.69 Å². The van der Waals surface area contributed by atoms with Crippen LogP contribution in [-0.4, -0.2) is 37.5 Å². The standard InChI is InChI=1S/C15H20N4O2/c1-12-6-8-15(20,9-7-12)10-21-14-4-2-13(3-5-14)19-11-16-17-18-19/h2-5,11-12,20H,6-10H2,1H3. The number of rotatable bonds is 4. The summed E-state index contributed by atoms with van der Waals surface area (Å²) in [4.78, 5) is 0. The average molecular weight is 288 g/mol. The van der Waals surface area contributed by atoms with Crippen LogP contribution < -0.4 is 4.74 Å². The van der Waals surface area contributed by atoms with Crippen LogP contribution in [0.3, 0.4) is 0 Å². The van der Waals surface area contributed by atoms with Crippen molar-refractivity contribution in [2.75, 3.05) is 6.61 Å². The van der Waals surface area contributed by atoms with Gasteiger partial charge in [-0.1, -0.05) is 6.92 Å². The number of hydrogen-bond donors (Lipinski definition) is 1. The SMILES string of the molecule is CC1CCC(O)(COc2ccc(-n3cnnn3)cc2)CC1. The Hall–Kier alpha value is -1.95. The van der Waals surface area contributed by atoms with Crippen LogP contribution >= 0.6 is 0 Å². The maximum absolute atomic E-state index is 10.5. The van der Waals surface area contributed by atoms with Crippen LogP contribution in [0.2, 0.25) is 0 Å². The molecule has 1 heterocycles. The third-order valence-electron chi connectivity index (χ3n) is 4.16. The molecular weight excluding hydrogens is 268 g/mol. The van der Waals surface area contributed by atoms with E-state index >= 15 is 0 Å². The number of hydrogen-bond acceptors (Lipinski definition) is 5. The summed E-state index contributed by atoms with van der Waals surface area (Å²) in [7, 11) is 0. The Morgan fingerprint density at radius 1 is 1.29 bits per heavy atom. The summed E-state index contributed by atoms with van der Waals surface area (Å²) in [5.74, 6) is 1.46. The molecular formula is C15H20N4O2. The summed E-state index contributed by atoms with van der Waals surface area (Å²) in [5, 5.41) is 21.5. The van der Waals surface area contributed by atoms with Crippen LogP contribution in [0.1, 0.15) is 32.6 Å². The van der Waals surface area contributed by atoms with E-state index in [2.05, 4.69) is 22.4 Å². The van der Waals surface area contributed by atoms with E-state index in [0.717, 1.165) is 37.1 Å². The van der Waals surface area contributed by atoms with Crippen molar-refractivity contribution >= 4 is 0 Å². The van der Waals surface area contributed by atoms with Crippen LogP contribution in [0.5, 0.6) is 5.75 Å². The number of ether oxygens (including phenoxy) is 1. The van der Waals surface area contributed by atoms with Crippen molar-refractivity contribution in [1.29, 1.82) is 0 Å². The molecule has 0 unspecified atom stereocenters. The Morgan fingerprint density at radius 2 is 2.00 bits per heavy atom. The topological polar surface area (TPSA) is 73.1 Å². The maximum atomic E-state index is 10.5. The highest BCUT2D eigenvalue weighted by Crippen LogP contribution is 2.32. The van der Waals surface area contributed by atoms with Crippen LogP contribution in [-0.2, 0) is 0 Å². The average Bonchev–Trinajstić information content (AvgIpc) is 3.04. The molecule has 3 rings (SSSR count). The summed E-state index contributed by atoms with van der Waals surface area (Å²) < 4.78 is 7.33. The van der Waals surface area contributed by atoms with Crippen molar-refractivity contribution in [3.63, 3.8) is 0 Å². The first-order valence-electron chi connectivity index (χ1n) is 7.33. The lowest BCUT2D eigenvalue weighted by atomic mass is 9.80. The Balaban J connectivity index is 1.58. The third-order valence-corrected chi connectivity index (χ3v) is 4.16. The molecule has 0 spiro atoms. The summed E-state index contributed by atoms with van der Waals surface area (Å²) in [6.07, 6.45) is 5.31. The molecule has 0 saturated heterocycles. The van der Waals surface area contributed by atoms with E-state index in [1.165, 1.54) is 0 Å². The third kappa shape index (κ3) is 3.39. The predicted molar refractivity (Wildman–Crippen MR) is 77.2 cm³/mol. The number of nitrogens with zero attached hydrogens (tertiary/aromatic N) is 4. The van der Waals surface area contributed by atoms with Gasteiger partial charge in [0.1, 0.15) is 18.7 Å². The van der Waals surface area contributed by atoms with Crippen molar-refractivity contribution in [2.45, 2.75) is 38.2 Å². The number of benzene rings is 1. The maximum Gasteiger partial charge on any atom is 0.143 e. The lowest BCUT2D eigenvalue weighted by molar-refractivity contribution is -0.0424. The molecule has 1 N–H and O–H groups in total. The fourth-order valence-electron chi connectivity index (χ4n) is 2.64. The molecule has 1 aromatic carbocycles. The monoisotopic (exact) mass is 288 g/mol. The first-order valence-corrected chi connectivity index (χ1v) is 7.33. The highest BCUT2D eigenvalue weighted by atomic mass is 16.5. The molecule has 0 atom stereocenters. The van der Waals surface area contributed by atoms with Gasteiger partial charge < -0.3 is 9.84 Å². The molecule has 1 fully saturated rings. The lowest BCUT2D eigenvalue weighted by Crippen LogP contribution is -2.39. The first-order chi connectivity index (χ1) is 10.1. The molecule has 6 heteroatoms. The summed E-state index contributed by atoms with van der Waals surface area (Å²) in [6.45, 7) is 2.59. The Bertz CT molecular complexity index is 560. The zero-order chi connectivity index (χ0) is 14.7. The second-order valence-corrected chi connectivity index (χ2v) is 5.94. The minimum Gasteiger partial charge on any atom is -0.491 e. The van der Waals surface area contributed by atoms with Crippen LogP contribution in [0, 0.1) is 5.92 Å². The van der Waals surface area contributed by atoms with Crippen molar-refractivity contribution < 1.29 is 9.84 Å². The van der Waals surface area contributed by atoms with E-state index in [-0.39, 0.29) is 0 Å². The van der Waals surface area contributed by atoms with Gasteiger partial charge in [-0.15, -0.1) is 5.10 Å². The van der Waals surface area contributed by atoms with E-state index in [1.54, 1.807) is 11.0 Å². The molecule has 21 heavy (non-hydrogen) atoms.